The van der Waals surface area contributed by atoms with Crippen molar-refractivity contribution in [1.29, 1.82) is 0 Å². The minimum atomic E-state index is -3.94. The smallest absolute Gasteiger partial charge is 0.302 e. The van der Waals surface area contributed by atoms with Crippen LogP contribution in [0.3, 0.4) is 0 Å². The third-order valence-electron chi connectivity index (χ3n) is 5.61. The Hall–Kier alpha value is 0.110. The lowest BCUT2D eigenvalue weighted by Gasteiger charge is -2.37. The van der Waals surface area contributed by atoms with E-state index in [0.717, 1.165) is 32.1 Å². The average Bonchev–Trinajstić information content (AvgIpc) is 2.48. The van der Waals surface area contributed by atoms with E-state index in [1.165, 1.54) is 12.8 Å². The fraction of sp³-hybridized carbons (Fsp3) is 1.00. The number of hydrogen-bond donors (Lipinski definition) is 1. The van der Waals surface area contributed by atoms with Crippen molar-refractivity contribution in [3.05, 3.63) is 0 Å². The first-order valence-corrected chi connectivity index (χ1v) is 10.9. The molecule has 0 aromatic carbocycles. The summed E-state index contributed by atoms with van der Waals surface area (Å²) in [4.78, 5) is 10.0. The van der Waals surface area contributed by atoms with Crippen LogP contribution >= 0.6 is 7.82 Å². The maximum atomic E-state index is 12.2. The highest BCUT2D eigenvalue weighted by Crippen LogP contribution is 2.49. The van der Waals surface area contributed by atoms with E-state index in [4.69, 9.17) is 9.05 Å². The molecule has 1 N–H and O–H groups in total. The van der Waals surface area contributed by atoms with Crippen LogP contribution in [0, 0.1) is 23.7 Å². The van der Waals surface area contributed by atoms with Gasteiger partial charge in [0.2, 0.25) is 0 Å². The van der Waals surface area contributed by atoms with Crippen LogP contribution in [-0.4, -0.2) is 17.6 Å². The lowest BCUT2D eigenvalue weighted by molar-refractivity contribution is 0.0278. The van der Waals surface area contributed by atoms with E-state index in [9.17, 15) is 9.46 Å². The molecule has 1 aliphatic carbocycles. The summed E-state index contributed by atoms with van der Waals surface area (Å²) < 4.78 is 23.0. The van der Waals surface area contributed by atoms with Crippen LogP contribution < -0.4 is 0 Å². The topological polar surface area (TPSA) is 55.8 Å². The Morgan fingerprint density at radius 3 is 2.26 bits per heavy atom. The van der Waals surface area contributed by atoms with Crippen molar-refractivity contribution in [2.24, 2.45) is 23.7 Å². The molecule has 0 spiro atoms. The molecule has 5 heteroatoms. The zero-order valence-electron chi connectivity index (χ0n) is 15.7. The second-order valence-electron chi connectivity index (χ2n) is 7.55. The molecule has 4 atom stereocenters. The summed E-state index contributed by atoms with van der Waals surface area (Å²) in [6, 6.07) is 0. The summed E-state index contributed by atoms with van der Waals surface area (Å²) in [6.07, 6.45) is 7.10. The molecule has 0 heterocycles. The molecule has 0 bridgehead atoms. The van der Waals surface area contributed by atoms with Crippen molar-refractivity contribution < 1.29 is 18.5 Å². The summed E-state index contributed by atoms with van der Waals surface area (Å²) in [5, 5.41) is 0. The minimum Gasteiger partial charge on any atom is -0.302 e. The Labute approximate surface area is 143 Å². The molecule has 0 aromatic heterocycles. The number of phosphoric ester groups is 1. The SMILES string of the molecule is CCCCCC(CC)COP(=O)(O)OC1CC(C)C(C)C(C)C1. The summed E-state index contributed by atoms with van der Waals surface area (Å²) >= 11 is 0. The van der Waals surface area contributed by atoms with E-state index in [1.807, 2.05) is 0 Å². The molecular weight excluding hydrogens is 311 g/mol. The molecule has 1 fully saturated rings. The number of phosphoric acid groups is 1. The van der Waals surface area contributed by atoms with Gasteiger partial charge in [0, 0.05) is 0 Å². The van der Waals surface area contributed by atoms with Gasteiger partial charge in [-0.25, -0.2) is 4.57 Å². The monoisotopic (exact) mass is 348 g/mol. The molecule has 23 heavy (non-hydrogen) atoms. The maximum Gasteiger partial charge on any atom is 0.472 e. The van der Waals surface area contributed by atoms with Gasteiger partial charge < -0.3 is 4.89 Å². The Morgan fingerprint density at radius 2 is 1.74 bits per heavy atom. The fourth-order valence-corrected chi connectivity index (χ4v) is 4.52. The van der Waals surface area contributed by atoms with Crippen LogP contribution in [0.5, 0.6) is 0 Å². The quantitative estimate of drug-likeness (QED) is 0.400. The van der Waals surface area contributed by atoms with Gasteiger partial charge in [0.05, 0.1) is 12.7 Å². The Morgan fingerprint density at radius 1 is 1.13 bits per heavy atom. The van der Waals surface area contributed by atoms with Crippen LogP contribution in [0.15, 0.2) is 0 Å². The molecule has 1 saturated carbocycles. The molecular formula is C18H37O4P. The molecule has 4 nitrogen and oxygen atoms in total. The van der Waals surface area contributed by atoms with Gasteiger partial charge in [-0.15, -0.1) is 0 Å². The lowest BCUT2D eigenvalue weighted by Crippen LogP contribution is -2.32. The summed E-state index contributed by atoms with van der Waals surface area (Å²) in [5.41, 5.74) is 0. The van der Waals surface area contributed by atoms with Crippen molar-refractivity contribution in [3.8, 4) is 0 Å². The van der Waals surface area contributed by atoms with E-state index in [-0.39, 0.29) is 6.10 Å². The van der Waals surface area contributed by atoms with E-state index >= 15 is 0 Å². The standard InChI is InChI=1S/C18H37O4P/c1-6-8-9-10-17(7-2)13-21-23(19,20)22-18-11-14(3)16(5)15(4)12-18/h14-18H,6-13H2,1-5H3,(H,19,20). The summed E-state index contributed by atoms with van der Waals surface area (Å²) in [7, 11) is -3.94. The van der Waals surface area contributed by atoms with Crippen LogP contribution in [0.1, 0.15) is 79.6 Å². The molecule has 0 aliphatic heterocycles. The second-order valence-corrected chi connectivity index (χ2v) is 8.95. The summed E-state index contributed by atoms with van der Waals surface area (Å²) in [5.74, 6) is 2.01. The van der Waals surface area contributed by atoms with Crippen molar-refractivity contribution in [1.82, 2.24) is 0 Å². The molecule has 4 unspecified atom stereocenters. The van der Waals surface area contributed by atoms with E-state index < -0.39 is 7.82 Å². The normalized spacial score (nSPS) is 32.4. The Kier molecular flexibility index (Phi) is 9.36. The number of unbranched alkanes of at least 4 members (excludes halogenated alkanes) is 2. The van der Waals surface area contributed by atoms with E-state index in [0.29, 0.717) is 30.3 Å². The predicted octanol–water partition coefficient (Wildman–Crippen LogP) is 5.80. The maximum absolute atomic E-state index is 12.2. The van der Waals surface area contributed by atoms with Gasteiger partial charge in [-0.2, -0.15) is 0 Å². The first-order valence-electron chi connectivity index (χ1n) is 9.44. The largest absolute Gasteiger partial charge is 0.472 e. The predicted molar refractivity (Wildman–Crippen MR) is 95.3 cm³/mol. The average molecular weight is 348 g/mol. The van der Waals surface area contributed by atoms with Gasteiger partial charge in [0.25, 0.3) is 0 Å². The molecule has 1 rings (SSSR count). The highest BCUT2D eigenvalue weighted by atomic mass is 31.2. The van der Waals surface area contributed by atoms with Gasteiger partial charge in [-0.1, -0.05) is 60.3 Å². The molecule has 1 aliphatic rings. The van der Waals surface area contributed by atoms with Crippen LogP contribution in [0.25, 0.3) is 0 Å². The Balaban J connectivity index is 2.41. The highest BCUT2D eigenvalue weighted by molar-refractivity contribution is 7.47. The van der Waals surface area contributed by atoms with E-state index in [2.05, 4.69) is 34.6 Å². The zero-order chi connectivity index (χ0) is 17.5. The van der Waals surface area contributed by atoms with Crippen molar-refractivity contribution in [2.45, 2.75) is 85.7 Å². The van der Waals surface area contributed by atoms with E-state index in [1.54, 1.807) is 0 Å². The third kappa shape index (κ3) is 7.69. The van der Waals surface area contributed by atoms with Gasteiger partial charge in [-0.05, 0) is 42.9 Å². The summed E-state index contributed by atoms with van der Waals surface area (Å²) in [6.45, 7) is 11.3. The van der Waals surface area contributed by atoms with Gasteiger partial charge in [-0.3, -0.25) is 9.05 Å². The molecule has 0 saturated heterocycles. The van der Waals surface area contributed by atoms with Crippen molar-refractivity contribution in [2.75, 3.05) is 6.61 Å². The first kappa shape index (κ1) is 21.2. The highest BCUT2D eigenvalue weighted by Gasteiger charge is 2.35. The number of rotatable bonds is 10. The lowest BCUT2D eigenvalue weighted by atomic mass is 9.73. The Bertz CT molecular complexity index is 362. The first-order chi connectivity index (χ1) is 10.8. The third-order valence-corrected chi connectivity index (χ3v) is 6.65. The van der Waals surface area contributed by atoms with Gasteiger partial charge in [0.1, 0.15) is 0 Å². The molecule has 138 valence electrons. The van der Waals surface area contributed by atoms with Crippen LogP contribution in [0.4, 0.5) is 0 Å². The second kappa shape index (κ2) is 10.2. The van der Waals surface area contributed by atoms with Gasteiger partial charge >= 0.3 is 7.82 Å². The zero-order valence-corrected chi connectivity index (χ0v) is 16.6. The van der Waals surface area contributed by atoms with Crippen LogP contribution in [-0.2, 0) is 13.6 Å². The molecule has 0 amide bonds. The molecule has 0 radical (unpaired) electrons. The number of hydrogen-bond acceptors (Lipinski definition) is 3. The molecule has 0 aromatic rings. The van der Waals surface area contributed by atoms with Crippen LogP contribution in [0.2, 0.25) is 0 Å². The van der Waals surface area contributed by atoms with Crippen molar-refractivity contribution in [3.63, 3.8) is 0 Å². The minimum absolute atomic E-state index is 0.160. The fourth-order valence-electron chi connectivity index (χ4n) is 3.51. The van der Waals surface area contributed by atoms with Crippen molar-refractivity contribution >= 4 is 7.82 Å². The van der Waals surface area contributed by atoms with Gasteiger partial charge in [0.15, 0.2) is 0 Å².